The number of hydrogen-bond donors (Lipinski definition) is 1. The van der Waals surface area contributed by atoms with Crippen LogP contribution < -0.4 is 5.32 Å². The first kappa shape index (κ1) is 14.3. The molecule has 0 aliphatic carbocycles. The molecule has 3 rings (SSSR count). The summed E-state index contributed by atoms with van der Waals surface area (Å²) in [6, 6.07) is 19.0. The average Bonchev–Trinajstić information content (AvgIpc) is 2.90. The number of nitrogens with one attached hydrogen (secondary N) is 1. The van der Waals surface area contributed by atoms with Gasteiger partial charge >= 0.3 is 0 Å². The Morgan fingerprint density at radius 3 is 2.59 bits per heavy atom. The van der Waals surface area contributed by atoms with Crippen molar-refractivity contribution < 1.29 is 0 Å². The number of anilines is 1. The van der Waals surface area contributed by atoms with Crippen molar-refractivity contribution in [1.82, 2.24) is 4.57 Å². The summed E-state index contributed by atoms with van der Waals surface area (Å²) in [5.74, 6) is 6.50. The second-order valence-corrected chi connectivity index (χ2v) is 5.35. The molecule has 3 aromatic rings. The van der Waals surface area contributed by atoms with E-state index in [-0.39, 0.29) is 0 Å². The SMILES string of the molecule is CCn1c(C#CCNc2ccc(C)cc2)cc2ccccc21. The van der Waals surface area contributed by atoms with Crippen LogP contribution in [0.4, 0.5) is 5.69 Å². The lowest BCUT2D eigenvalue weighted by Gasteiger charge is -2.03. The molecular formula is C20H20N2. The summed E-state index contributed by atoms with van der Waals surface area (Å²) in [4.78, 5) is 0. The molecule has 2 aromatic carbocycles. The molecule has 0 aliphatic heterocycles. The maximum Gasteiger partial charge on any atom is 0.0931 e. The van der Waals surface area contributed by atoms with Crippen molar-refractivity contribution in [2.45, 2.75) is 20.4 Å². The number of fused-ring (bicyclic) bond motifs is 1. The van der Waals surface area contributed by atoms with Crippen LogP contribution in [-0.2, 0) is 6.54 Å². The third-order valence-corrected chi connectivity index (χ3v) is 3.78. The van der Waals surface area contributed by atoms with E-state index >= 15 is 0 Å². The predicted octanol–water partition coefficient (Wildman–Crippen LogP) is 4.43. The second kappa shape index (κ2) is 6.41. The van der Waals surface area contributed by atoms with Crippen molar-refractivity contribution >= 4 is 16.6 Å². The Kier molecular flexibility index (Phi) is 4.16. The number of benzene rings is 2. The largest absolute Gasteiger partial charge is 0.374 e. The molecule has 0 fully saturated rings. The van der Waals surface area contributed by atoms with Crippen molar-refractivity contribution in [3.63, 3.8) is 0 Å². The lowest BCUT2D eigenvalue weighted by Crippen LogP contribution is -2.00. The number of aryl methyl sites for hydroxylation is 2. The first-order valence-corrected chi connectivity index (χ1v) is 7.65. The highest BCUT2D eigenvalue weighted by molar-refractivity contribution is 5.82. The van der Waals surface area contributed by atoms with E-state index in [1.54, 1.807) is 0 Å². The molecule has 0 spiro atoms. The van der Waals surface area contributed by atoms with E-state index in [0.717, 1.165) is 17.9 Å². The molecule has 0 bridgehead atoms. The highest BCUT2D eigenvalue weighted by atomic mass is 15.0. The van der Waals surface area contributed by atoms with Crippen LogP contribution in [0.15, 0.2) is 54.6 Å². The van der Waals surface area contributed by atoms with Gasteiger partial charge in [-0.1, -0.05) is 41.8 Å². The van der Waals surface area contributed by atoms with Crippen molar-refractivity contribution in [2.24, 2.45) is 0 Å². The van der Waals surface area contributed by atoms with Crippen LogP contribution in [0.5, 0.6) is 0 Å². The lowest BCUT2D eigenvalue weighted by molar-refractivity contribution is 0.787. The highest BCUT2D eigenvalue weighted by Gasteiger charge is 2.03. The summed E-state index contributed by atoms with van der Waals surface area (Å²) in [5.41, 5.74) is 4.70. The maximum atomic E-state index is 3.33. The third-order valence-electron chi connectivity index (χ3n) is 3.78. The Labute approximate surface area is 131 Å². The van der Waals surface area contributed by atoms with E-state index in [2.05, 4.69) is 90.2 Å². The molecular weight excluding hydrogens is 268 g/mol. The van der Waals surface area contributed by atoms with E-state index in [9.17, 15) is 0 Å². The summed E-state index contributed by atoms with van der Waals surface area (Å²) in [7, 11) is 0. The molecule has 1 aromatic heterocycles. The van der Waals surface area contributed by atoms with Crippen molar-refractivity contribution in [3.8, 4) is 11.8 Å². The van der Waals surface area contributed by atoms with Gasteiger partial charge in [-0.15, -0.1) is 0 Å². The minimum Gasteiger partial charge on any atom is -0.374 e. The molecule has 1 heterocycles. The normalized spacial score (nSPS) is 10.3. The Morgan fingerprint density at radius 2 is 1.82 bits per heavy atom. The van der Waals surface area contributed by atoms with Gasteiger partial charge in [0.2, 0.25) is 0 Å². The molecule has 0 aliphatic rings. The topological polar surface area (TPSA) is 17.0 Å². The fraction of sp³-hybridized carbons (Fsp3) is 0.200. The van der Waals surface area contributed by atoms with Crippen LogP contribution in [0.3, 0.4) is 0 Å². The van der Waals surface area contributed by atoms with E-state index in [4.69, 9.17) is 0 Å². The van der Waals surface area contributed by atoms with Crippen molar-refractivity contribution in [2.75, 3.05) is 11.9 Å². The maximum absolute atomic E-state index is 3.33. The van der Waals surface area contributed by atoms with Gasteiger partial charge in [-0.05, 0) is 44.0 Å². The summed E-state index contributed by atoms with van der Waals surface area (Å²) >= 11 is 0. The third kappa shape index (κ3) is 2.99. The van der Waals surface area contributed by atoms with Crippen LogP contribution in [-0.4, -0.2) is 11.1 Å². The van der Waals surface area contributed by atoms with Crippen LogP contribution >= 0.6 is 0 Å². The molecule has 1 N–H and O–H groups in total. The zero-order valence-electron chi connectivity index (χ0n) is 13.1. The molecule has 2 nitrogen and oxygen atoms in total. The Hall–Kier alpha value is -2.66. The molecule has 110 valence electrons. The predicted molar refractivity (Wildman–Crippen MR) is 94.2 cm³/mol. The summed E-state index contributed by atoms with van der Waals surface area (Å²) in [5, 5.41) is 4.58. The van der Waals surface area contributed by atoms with Crippen LogP contribution in [0.1, 0.15) is 18.2 Å². The van der Waals surface area contributed by atoms with Crippen LogP contribution in [0.25, 0.3) is 10.9 Å². The molecule has 0 unspecified atom stereocenters. The van der Waals surface area contributed by atoms with Gasteiger partial charge in [0, 0.05) is 23.1 Å². The van der Waals surface area contributed by atoms with Gasteiger partial charge in [0.25, 0.3) is 0 Å². The van der Waals surface area contributed by atoms with E-state index < -0.39 is 0 Å². The highest BCUT2D eigenvalue weighted by Crippen LogP contribution is 2.18. The van der Waals surface area contributed by atoms with Crippen LogP contribution in [0, 0.1) is 18.8 Å². The summed E-state index contributed by atoms with van der Waals surface area (Å²) in [6.07, 6.45) is 0. The molecule has 0 amide bonds. The number of hydrogen-bond acceptors (Lipinski definition) is 1. The average molecular weight is 288 g/mol. The minimum atomic E-state index is 0.647. The Morgan fingerprint density at radius 1 is 1.05 bits per heavy atom. The minimum absolute atomic E-state index is 0.647. The van der Waals surface area contributed by atoms with Gasteiger partial charge in [0.15, 0.2) is 0 Å². The van der Waals surface area contributed by atoms with Gasteiger partial charge in [-0.2, -0.15) is 0 Å². The first-order valence-electron chi connectivity index (χ1n) is 7.65. The van der Waals surface area contributed by atoms with Gasteiger partial charge < -0.3 is 9.88 Å². The molecule has 0 saturated heterocycles. The van der Waals surface area contributed by atoms with Crippen molar-refractivity contribution in [1.29, 1.82) is 0 Å². The molecule has 22 heavy (non-hydrogen) atoms. The zero-order chi connectivity index (χ0) is 15.4. The van der Waals surface area contributed by atoms with E-state index in [0.29, 0.717) is 6.54 Å². The number of rotatable bonds is 3. The number of para-hydroxylation sites is 1. The van der Waals surface area contributed by atoms with E-state index in [1.165, 1.54) is 16.5 Å². The summed E-state index contributed by atoms with van der Waals surface area (Å²) in [6.45, 7) is 5.83. The Bertz CT molecular complexity index is 830. The van der Waals surface area contributed by atoms with Crippen molar-refractivity contribution in [3.05, 3.63) is 65.9 Å². The standard InChI is InChI=1S/C20H20N2/c1-3-22-19(15-17-7-4-5-9-20(17)22)8-6-14-21-18-12-10-16(2)11-13-18/h4-5,7,9-13,15,21H,3,14H2,1-2H3. The van der Waals surface area contributed by atoms with Gasteiger partial charge in [-0.25, -0.2) is 0 Å². The monoisotopic (exact) mass is 288 g/mol. The number of nitrogens with zero attached hydrogens (tertiary/aromatic N) is 1. The smallest absolute Gasteiger partial charge is 0.0931 e. The molecule has 0 atom stereocenters. The zero-order valence-corrected chi connectivity index (χ0v) is 13.1. The van der Waals surface area contributed by atoms with Gasteiger partial charge in [0.05, 0.1) is 12.2 Å². The fourth-order valence-corrected chi connectivity index (χ4v) is 2.61. The van der Waals surface area contributed by atoms with E-state index in [1.807, 2.05) is 0 Å². The molecule has 0 radical (unpaired) electrons. The Balaban J connectivity index is 1.75. The second-order valence-electron chi connectivity index (χ2n) is 5.35. The molecule has 2 heteroatoms. The quantitative estimate of drug-likeness (QED) is 0.705. The van der Waals surface area contributed by atoms with Gasteiger partial charge in [-0.3, -0.25) is 0 Å². The molecule has 0 saturated carbocycles. The van der Waals surface area contributed by atoms with Crippen LogP contribution in [0.2, 0.25) is 0 Å². The van der Waals surface area contributed by atoms with Gasteiger partial charge in [0.1, 0.15) is 0 Å². The summed E-state index contributed by atoms with van der Waals surface area (Å²) < 4.78 is 2.26. The fourth-order valence-electron chi connectivity index (χ4n) is 2.61. The lowest BCUT2D eigenvalue weighted by atomic mass is 10.2. The number of aromatic nitrogens is 1. The first-order chi connectivity index (χ1) is 10.8.